The van der Waals surface area contributed by atoms with E-state index in [0.717, 1.165) is 50.0 Å². The molecule has 1 fully saturated rings. The van der Waals surface area contributed by atoms with Gasteiger partial charge in [-0.1, -0.05) is 18.2 Å². The molecule has 0 radical (unpaired) electrons. The van der Waals surface area contributed by atoms with Crippen molar-refractivity contribution in [1.82, 2.24) is 20.5 Å². The Morgan fingerprint density at radius 1 is 1.11 bits per heavy atom. The summed E-state index contributed by atoms with van der Waals surface area (Å²) >= 11 is 0. The lowest BCUT2D eigenvalue weighted by molar-refractivity contribution is 0.0691. The Labute approximate surface area is 205 Å². The zero-order valence-corrected chi connectivity index (χ0v) is 20.1. The molecule has 2 aromatic carbocycles. The molecule has 0 saturated carbocycles. The largest absolute Gasteiger partial charge is 0.506 e. The van der Waals surface area contributed by atoms with E-state index in [1.165, 1.54) is 12.1 Å². The zero-order valence-electron chi connectivity index (χ0n) is 20.1. The van der Waals surface area contributed by atoms with E-state index in [1.54, 1.807) is 12.1 Å². The van der Waals surface area contributed by atoms with Crippen LogP contribution in [0, 0.1) is 5.92 Å². The fraction of sp³-hybridized carbons (Fsp3) is 0.407. The molecule has 1 aliphatic rings. The number of fused-ring (bicyclic) bond motifs is 1. The van der Waals surface area contributed by atoms with E-state index >= 15 is 0 Å². The number of phenolic OH excluding ortho intramolecular Hbond substituents is 1. The fourth-order valence-electron chi connectivity index (χ4n) is 4.76. The van der Waals surface area contributed by atoms with Gasteiger partial charge in [0.2, 0.25) is 5.56 Å². The van der Waals surface area contributed by atoms with E-state index in [-0.39, 0.29) is 17.2 Å². The number of hydrogen-bond donors (Lipinski definition) is 5. The van der Waals surface area contributed by atoms with Crippen molar-refractivity contribution in [3.63, 3.8) is 0 Å². The third-order valence-electron chi connectivity index (χ3n) is 6.79. The molecule has 3 aromatic rings. The summed E-state index contributed by atoms with van der Waals surface area (Å²) in [7, 11) is 1.97. The van der Waals surface area contributed by atoms with Crippen molar-refractivity contribution >= 4 is 16.8 Å². The Bertz CT molecular complexity index is 1200. The number of aromatic nitrogens is 1. The SMILES string of the molecule is CNCC1CCN(C(=O)c2ccc(CCNC[C@H](O)c3ccc(O)c4[nH]c(=O)ccc34)cc2)CC1. The Kier molecular flexibility index (Phi) is 8.17. The van der Waals surface area contributed by atoms with Gasteiger partial charge in [0.25, 0.3) is 5.91 Å². The Morgan fingerprint density at radius 2 is 1.86 bits per heavy atom. The highest BCUT2D eigenvalue weighted by Gasteiger charge is 2.23. The molecule has 35 heavy (non-hydrogen) atoms. The first-order valence-corrected chi connectivity index (χ1v) is 12.2. The highest BCUT2D eigenvalue weighted by molar-refractivity contribution is 5.94. The summed E-state index contributed by atoms with van der Waals surface area (Å²) in [4.78, 5) is 29.0. The summed E-state index contributed by atoms with van der Waals surface area (Å²) in [6.07, 6.45) is 2.06. The summed E-state index contributed by atoms with van der Waals surface area (Å²) in [6.45, 7) is 3.63. The number of likely N-dealkylation sites (tertiary alicyclic amines) is 1. The second-order valence-electron chi connectivity index (χ2n) is 9.25. The Morgan fingerprint density at radius 3 is 2.57 bits per heavy atom. The first-order valence-electron chi connectivity index (χ1n) is 12.2. The van der Waals surface area contributed by atoms with Crippen LogP contribution in [0.2, 0.25) is 0 Å². The van der Waals surface area contributed by atoms with Crippen molar-refractivity contribution in [2.45, 2.75) is 25.4 Å². The number of hydrogen-bond acceptors (Lipinski definition) is 6. The molecule has 0 aliphatic carbocycles. The molecule has 1 amide bonds. The van der Waals surface area contributed by atoms with E-state index < -0.39 is 6.10 Å². The number of rotatable bonds is 9. The molecule has 4 rings (SSSR count). The number of aromatic hydroxyl groups is 1. The summed E-state index contributed by atoms with van der Waals surface area (Å²) in [6, 6.07) is 13.9. The molecule has 186 valence electrons. The van der Waals surface area contributed by atoms with Crippen LogP contribution < -0.4 is 16.2 Å². The van der Waals surface area contributed by atoms with E-state index in [4.69, 9.17) is 0 Å². The van der Waals surface area contributed by atoms with E-state index in [1.807, 2.05) is 36.2 Å². The van der Waals surface area contributed by atoms with Gasteiger partial charge in [-0.2, -0.15) is 0 Å². The van der Waals surface area contributed by atoms with Gasteiger partial charge in [-0.3, -0.25) is 9.59 Å². The van der Waals surface area contributed by atoms with Gasteiger partial charge in [-0.25, -0.2) is 0 Å². The van der Waals surface area contributed by atoms with Crippen molar-refractivity contribution in [1.29, 1.82) is 0 Å². The molecule has 1 aromatic heterocycles. The lowest BCUT2D eigenvalue weighted by atomic mass is 9.96. The number of carbonyl (C=O) groups is 1. The van der Waals surface area contributed by atoms with Gasteiger partial charge in [0, 0.05) is 36.7 Å². The van der Waals surface area contributed by atoms with E-state index in [0.29, 0.717) is 35.5 Å². The molecule has 0 bridgehead atoms. The first-order chi connectivity index (χ1) is 17.0. The highest BCUT2D eigenvalue weighted by Crippen LogP contribution is 2.28. The second-order valence-corrected chi connectivity index (χ2v) is 9.25. The standard InChI is InChI=1S/C27H34N4O4/c1-28-16-19-11-14-31(15-12-19)27(35)20-4-2-18(3-5-20)10-13-29-17-24(33)21-6-8-23(32)26-22(21)7-9-25(34)30-26/h2-9,19,24,28-29,32-33H,10-17H2,1H3,(H,30,34)/t24-/m0/s1. The normalized spacial score (nSPS) is 15.4. The van der Waals surface area contributed by atoms with Gasteiger partial charge in [-0.05, 0) is 80.7 Å². The second kappa shape index (κ2) is 11.5. The fourth-order valence-corrected chi connectivity index (χ4v) is 4.76. The van der Waals surface area contributed by atoms with Crippen molar-refractivity contribution < 1.29 is 15.0 Å². The van der Waals surface area contributed by atoms with Crippen molar-refractivity contribution in [2.24, 2.45) is 5.92 Å². The summed E-state index contributed by atoms with van der Waals surface area (Å²) in [5.41, 5.74) is 2.50. The predicted molar refractivity (Wildman–Crippen MR) is 137 cm³/mol. The smallest absolute Gasteiger partial charge is 0.253 e. The van der Waals surface area contributed by atoms with Crippen LogP contribution in [0.3, 0.4) is 0 Å². The highest BCUT2D eigenvalue weighted by atomic mass is 16.3. The maximum atomic E-state index is 12.8. The predicted octanol–water partition coefficient (Wildman–Crippen LogP) is 2.17. The number of aliphatic hydroxyl groups is 1. The average Bonchev–Trinajstić information content (AvgIpc) is 2.87. The number of amides is 1. The molecule has 1 atom stereocenters. The van der Waals surface area contributed by atoms with Crippen LogP contribution in [0.25, 0.3) is 10.9 Å². The number of aromatic amines is 1. The van der Waals surface area contributed by atoms with Gasteiger partial charge in [0.15, 0.2) is 0 Å². The number of nitrogens with zero attached hydrogens (tertiary/aromatic N) is 1. The first kappa shape index (κ1) is 24.9. The van der Waals surface area contributed by atoms with Crippen LogP contribution in [0.1, 0.15) is 40.4 Å². The minimum Gasteiger partial charge on any atom is -0.506 e. The molecule has 2 heterocycles. The number of nitrogens with one attached hydrogen (secondary N) is 3. The number of aliphatic hydroxyl groups excluding tert-OH is 1. The van der Waals surface area contributed by atoms with Gasteiger partial charge in [-0.15, -0.1) is 0 Å². The van der Waals surface area contributed by atoms with Crippen molar-refractivity contribution in [3.8, 4) is 5.75 Å². The molecule has 8 heteroatoms. The number of benzene rings is 2. The number of H-pyrrole nitrogens is 1. The van der Waals surface area contributed by atoms with Gasteiger partial charge in [0.1, 0.15) is 5.75 Å². The van der Waals surface area contributed by atoms with Crippen LogP contribution in [0.5, 0.6) is 5.75 Å². The molecule has 0 spiro atoms. The van der Waals surface area contributed by atoms with Crippen LogP contribution in [0.4, 0.5) is 0 Å². The van der Waals surface area contributed by atoms with Gasteiger partial charge >= 0.3 is 0 Å². The number of carbonyl (C=O) groups excluding carboxylic acids is 1. The number of phenols is 1. The summed E-state index contributed by atoms with van der Waals surface area (Å²) < 4.78 is 0. The van der Waals surface area contributed by atoms with Gasteiger partial charge in [0.05, 0.1) is 11.6 Å². The van der Waals surface area contributed by atoms with Gasteiger partial charge < -0.3 is 30.7 Å². The lowest BCUT2D eigenvalue weighted by Crippen LogP contribution is -2.40. The topological polar surface area (TPSA) is 118 Å². The molecular weight excluding hydrogens is 444 g/mol. The van der Waals surface area contributed by atoms with Crippen LogP contribution in [0.15, 0.2) is 53.3 Å². The Balaban J connectivity index is 1.26. The molecular formula is C27H34N4O4. The van der Waals surface area contributed by atoms with E-state index in [9.17, 15) is 19.8 Å². The number of piperidine rings is 1. The third kappa shape index (κ3) is 6.08. The zero-order chi connectivity index (χ0) is 24.8. The lowest BCUT2D eigenvalue weighted by Gasteiger charge is -2.32. The molecule has 1 saturated heterocycles. The minimum atomic E-state index is -0.791. The van der Waals surface area contributed by atoms with Crippen molar-refractivity contribution in [2.75, 3.05) is 39.8 Å². The molecule has 5 N–H and O–H groups in total. The maximum Gasteiger partial charge on any atom is 0.253 e. The third-order valence-corrected chi connectivity index (χ3v) is 6.79. The Hall–Kier alpha value is -3.20. The monoisotopic (exact) mass is 478 g/mol. The molecule has 1 aliphatic heterocycles. The summed E-state index contributed by atoms with van der Waals surface area (Å²) in [5, 5.41) is 27.8. The van der Waals surface area contributed by atoms with Crippen LogP contribution >= 0.6 is 0 Å². The summed E-state index contributed by atoms with van der Waals surface area (Å²) in [5.74, 6) is 0.722. The van der Waals surface area contributed by atoms with Crippen LogP contribution in [-0.4, -0.2) is 65.8 Å². The number of pyridine rings is 1. The quantitative estimate of drug-likeness (QED) is 0.301. The maximum absolute atomic E-state index is 12.8. The van der Waals surface area contributed by atoms with Crippen LogP contribution in [-0.2, 0) is 6.42 Å². The average molecular weight is 479 g/mol. The molecule has 8 nitrogen and oxygen atoms in total. The minimum absolute atomic E-state index is 0.0261. The van der Waals surface area contributed by atoms with E-state index in [2.05, 4.69) is 15.6 Å². The van der Waals surface area contributed by atoms with Crippen molar-refractivity contribution in [3.05, 3.63) is 75.6 Å². The molecule has 0 unspecified atom stereocenters.